The zero-order chi connectivity index (χ0) is 19.3. The molecule has 9 heteroatoms. The highest BCUT2D eigenvalue weighted by molar-refractivity contribution is 7.09. The Hall–Kier alpha value is -3.46. The number of aryl methyl sites for hydroxylation is 1. The van der Waals surface area contributed by atoms with Gasteiger partial charge in [-0.2, -0.15) is 4.98 Å². The lowest BCUT2D eigenvalue weighted by atomic mass is 10.2. The highest BCUT2D eigenvalue weighted by Crippen LogP contribution is 2.23. The maximum atomic E-state index is 12.2. The number of ether oxygens (including phenoxy) is 1. The third-order valence-electron chi connectivity index (χ3n) is 3.77. The van der Waals surface area contributed by atoms with Crippen molar-refractivity contribution < 1.29 is 18.5 Å². The molecule has 0 radical (unpaired) electrons. The molecule has 0 atom stereocenters. The summed E-state index contributed by atoms with van der Waals surface area (Å²) in [5, 5.41) is 9.17. The Kier molecular flexibility index (Phi) is 5.16. The lowest BCUT2D eigenvalue weighted by Gasteiger charge is -2.06. The largest absolute Gasteiger partial charge is 0.486 e. The first kappa shape index (κ1) is 17.9. The predicted octanol–water partition coefficient (Wildman–Crippen LogP) is 3.60. The molecule has 4 aromatic rings. The Morgan fingerprint density at radius 2 is 2.07 bits per heavy atom. The molecule has 28 heavy (non-hydrogen) atoms. The average molecular weight is 396 g/mol. The topological polar surface area (TPSA) is 103 Å². The maximum absolute atomic E-state index is 12.2. The predicted molar refractivity (Wildman–Crippen MR) is 101 cm³/mol. The van der Waals surface area contributed by atoms with Crippen LogP contribution in [0.4, 0.5) is 0 Å². The minimum atomic E-state index is -0.231. The molecule has 0 spiro atoms. The van der Waals surface area contributed by atoms with Crippen molar-refractivity contribution in [3.8, 4) is 17.2 Å². The zero-order valence-corrected chi connectivity index (χ0v) is 15.7. The first-order valence-electron chi connectivity index (χ1n) is 8.46. The number of benzene rings is 1. The van der Waals surface area contributed by atoms with E-state index < -0.39 is 0 Å². The molecule has 0 saturated heterocycles. The summed E-state index contributed by atoms with van der Waals surface area (Å²) in [4.78, 5) is 20.7. The van der Waals surface area contributed by atoms with Crippen LogP contribution in [0.25, 0.3) is 11.5 Å². The van der Waals surface area contributed by atoms with Crippen molar-refractivity contribution >= 4 is 17.2 Å². The molecule has 1 amide bonds. The van der Waals surface area contributed by atoms with Crippen molar-refractivity contribution in [3.05, 3.63) is 70.3 Å². The van der Waals surface area contributed by atoms with E-state index in [9.17, 15) is 4.79 Å². The summed E-state index contributed by atoms with van der Waals surface area (Å²) < 4.78 is 16.0. The van der Waals surface area contributed by atoms with Gasteiger partial charge in [-0.25, -0.2) is 4.98 Å². The molecule has 1 N–H and O–H groups in total. The monoisotopic (exact) mass is 396 g/mol. The van der Waals surface area contributed by atoms with Gasteiger partial charge in [0.1, 0.15) is 23.1 Å². The number of thiazole rings is 1. The molecule has 8 nitrogen and oxygen atoms in total. The second kappa shape index (κ2) is 8.05. The van der Waals surface area contributed by atoms with E-state index in [0.29, 0.717) is 29.6 Å². The Morgan fingerprint density at radius 3 is 2.79 bits per heavy atom. The van der Waals surface area contributed by atoms with E-state index in [2.05, 4.69) is 20.4 Å². The molecule has 142 valence electrons. The summed E-state index contributed by atoms with van der Waals surface area (Å²) in [5.41, 5.74) is 1.30. The van der Waals surface area contributed by atoms with Crippen LogP contribution in [0.15, 0.2) is 57.0 Å². The number of carbonyl (C=O) groups is 1. The highest BCUT2D eigenvalue weighted by atomic mass is 32.1. The number of aromatic nitrogens is 3. The second-order valence-electron chi connectivity index (χ2n) is 5.83. The third kappa shape index (κ3) is 4.26. The van der Waals surface area contributed by atoms with Gasteiger partial charge in [0, 0.05) is 10.9 Å². The molecule has 0 aliphatic rings. The number of furan rings is 1. The molecule has 0 aliphatic carbocycles. The molecular formula is C19H16N4O4S. The first-order chi connectivity index (χ1) is 13.7. The lowest BCUT2D eigenvalue weighted by molar-refractivity contribution is 0.0946. The van der Waals surface area contributed by atoms with Gasteiger partial charge in [0.2, 0.25) is 5.89 Å². The van der Waals surface area contributed by atoms with Crippen LogP contribution in [-0.4, -0.2) is 21.0 Å². The summed E-state index contributed by atoms with van der Waals surface area (Å²) in [7, 11) is 0. The third-order valence-corrected chi connectivity index (χ3v) is 4.60. The number of nitrogens with one attached hydrogen (secondary N) is 1. The molecular weight excluding hydrogens is 380 g/mol. The van der Waals surface area contributed by atoms with Gasteiger partial charge in [-0.1, -0.05) is 5.16 Å². The smallest absolute Gasteiger partial charge is 0.251 e. The molecule has 4 rings (SSSR count). The van der Waals surface area contributed by atoms with Crippen LogP contribution in [0.5, 0.6) is 5.75 Å². The van der Waals surface area contributed by atoms with Crippen LogP contribution in [-0.2, 0) is 13.2 Å². The van der Waals surface area contributed by atoms with Crippen molar-refractivity contribution in [2.45, 2.75) is 20.1 Å². The standard InChI is InChI=1S/C19H16N4O4S/c1-12-21-17(27-23-12)9-20-19(24)13-4-6-14(7-5-13)26-10-18-22-15(11-28-18)16-3-2-8-25-16/h2-8,11H,9-10H2,1H3,(H,20,24). The van der Waals surface area contributed by atoms with Crippen molar-refractivity contribution in [1.82, 2.24) is 20.4 Å². The molecule has 3 heterocycles. The van der Waals surface area contributed by atoms with E-state index in [4.69, 9.17) is 13.7 Å². The van der Waals surface area contributed by atoms with E-state index >= 15 is 0 Å². The van der Waals surface area contributed by atoms with E-state index in [-0.39, 0.29) is 12.5 Å². The van der Waals surface area contributed by atoms with Crippen LogP contribution in [0.2, 0.25) is 0 Å². The van der Waals surface area contributed by atoms with Crippen molar-refractivity contribution in [1.29, 1.82) is 0 Å². The zero-order valence-electron chi connectivity index (χ0n) is 14.9. The van der Waals surface area contributed by atoms with Crippen LogP contribution in [0.3, 0.4) is 0 Å². The van der Waals surface area contributed by atoms with Gasteiger partial charge in [0.15, 0.2) is 11.6 Å². The lowest BCUT2D eigenvalue weighted by Crippen LogP contribution is -2.22. The van der Waals surface area contributed by atoms with Gasteiger partial charge >= 0.3 is 0 Å². The Balaban J connectivity index is 1.30. The van der Waals surface area contributed by atoms with Crippen LogP contribution < -0.4 is 10.1 Å². The Morgan fingerprint density at radius 1 is 1.21 bits per heavy atom. The molecule has 0 unspecified atom stereocenters. The molecule has 1 aromatic carbocycles. The van der Waals surface area contributed by atoms with Gasteiger partial charge in [-0.05, 0) is 43.3 Å². The van der Waals surface area contributed by atoms with Crippen molar-refractivity contribution in [2.24, 2.45) is 0 Å². The summed E-state index contributed by atoms with van der Waals surface area (Å²) >= 11 is 1.50. The van der Waals surface area contributed by atoms with Gasteiger partial charge in [-0.3, -0.25) is 4.79 Å². The quantitative estimate of drug-likeness (QED) is 0.509. The molecule has 0 saturated carbocycles. The molecule has 3 aromatic heterocycles. The fourth-order valence-electron chi connectivity index (χ4n) is 2.43. The van der Waals surface area contributed by atoms with Crippen LogP contribution >= 0.6 is 11.3 Å². The average Bonchev–Trinajstić information content (AvgIpc) is 3.46. The molecule has 0 bridgehead atoms. The van der Waals surface area contributed by atoms with E-state index in [1.807, 2.05) is 17.5 Å². The number of hydrogen-bond donors (Lipinski definition) is 1. The summed E-state index contributed by atoms with van der Waals surface area (Å²) in [5.74, 6) is 2.04. The second-order valence-corrected chi connectivity index (χ2v) is 6.78. The Bertz CT molecular complexity index is 1050. The van der Waals surface area contributed by atoms with E-state index in [1.165, 1.54) is 11.3 Å². The minimum Gasteiger partial charge on any atom is -0.486 e. The van der Waals surface area contributed by atoms with Gasteiger partial charge in [-0.15, -0.1) is 11.3 Å². The van der Waals surface area contributed by atoms with Crippen molar-refractivity contribution in [3.63, 3.8) is 0 Å². The van der Waals surface area contributed by atoms with Gasteiger partial charge < -0.3 is 19.0 Å². The van der Waals surface area contributed by atoms with E-state index in [1.54, 1.807) is 37.5 Å². The first-order valence-corrected chi connectivity index (χ1v) is 9.34. The summed E-state index contributed by atoms with van der Waals surface area (Å²) in [6.45, 7) is 2.24. The normalized spacial score (nSPS) is 10.8. The fourth-order valence-corrected chi connectivity index (χ4v) is 3.13. The number of carbonyl (C=O) groups excluding carboxylic acids is 1. The number of amides is 1. The van der Waals surface area contributed by atoms with Crippen LogP contribution in [0.1, 0.15) is 27.1 Å². The summed E-state index contributed by atoms with van der Waals surface area (Å²) in [6.07, 6.45) is 1.62. The van der Waals surface area contributed by atoms with E-state index in [0.717, 1.165) is 16.5 Å². The number of rotatable bonds is 7. The number of hydrogen-bond acceptors (Lipinski definition) is 8. The SMILES string of the molecule is Cc1noc(CNC(=O)c2ccc(OCc3nc(-c4ccco4)cs3)cc2)n1. The minimum absolute atomic E-state index is 0.181. The maximum Gasteiger partial charge on any atom is 0.251 e. The molecule has 0 fully saturated rings. The molecule has 0 aliphatic heterocycles. The highest BCUT2D eigenvalue weighted by Gasteiger charge is 2.10. The number of nitrogens with zero attached hydrogens (tertiary/aromatic N) is 3. The van der Waals surface area contributed by atoms with Crippen LogP contribution in [0, 0.1) is 6.92 Å². The van der Waals surface area contributed by atoms with Gasteiger partial charge in [0.25, 0.3) is 5.91 Å². The van der Waals surface area contributed by atoms with Gasteiger partial charge in [0.05, 0.1) is 12.8 Å². The summed E-state index contributed by atoms with van der Waals surface area (Å²) in [6, 6.07) is 10.6. The Labute approximate surface area is 164 Å². The van der Waals surface area contributed by atoms with Crippen molar-refractivity contribution in [2.75, 3.05) is 0 Å². The fraction of sp³-hybridized carbons (Fsp3) is 0.158.